The van der Waals surface area contributed by atoms with Gasteiger partial charge in [0.05, 0.1) is 10.9 Å². The van der Waals surface area contributed by atoms with Crippen molar-refractivity contribution in [3.63, 3.8) is 0 Å². The smallest absolute Gasteiger partial charge is 0.308 e. The minimum Gasteiger partial charge on any atom is -0.481 e. The van der Waals surface area contributed by atoms with E-state index in [1.807, 2.05) is 0 Å². The van der Waals surface area contributed by atoms with E-state index in [4.69, 9.17) is 28.3 Å². The summed E-state index contributed by atoms with van der Waals surface area (Å²) in [6.07, 6.45) is 1.23. The number of carboxylic acid groups (broad SMARTS) is 1. The van der Waals surface area contributed by atoms with E-state index in [2.05, 4.69) is 4.98 Å². The van der Waals surface area contributed by atoms with Gasteiger partial charge < -0.3 is 10.0 Å². The number of pyridine rings is 1. The first kappa shape index (κ1) is 14.1. The van der Waals surface area contributed by atoms with Crippen LogP contribution in [0.15, 0.2) is 12.1 Å². The van der Waals surface area contributed by atoms with Gasteiger partial charge in [0.15, 0.2) is 0 Å². The van der Waals surface area contributed by atoms with Crippen molar-refractivity contribution < 1.29 is 14.7 Å². The molecule has 0 aromatic carbocycles. The molecule has 0 radical (unpaired) electrons. The second kappa shape index (κ2) is 5.75. The van der Waals surface area contributed by atoms with Crippen molar-refractivity contribution in [2.24, 2.45) is 5.92 Å². The van der Waals surface area contributed by atoms with Gasteiger partial charge in [-0.05, 0) is 25.0 Å². The van der Waals surface area contributed by atoms with Crippen LogP contribution in [0.2, 0.25) is 10.2 Å². The lowest BCUT2D eigenvalue weighted by Gasteiger charge is -2.30. The van der Waals surface area contributed by atoms with E-state index in [1.54, 1.807) is 0 Å². The number of likely N-dealkylation sites (tertiary alicyclic amines) is 1. The Morgan fingerprint density at radius 1 is 1.37 bits per heavy atom. The number of piperidine rings is 1. The molecule has 0 aliphatic carbocycles. The lowest BCUT2D eigenvalue weighted by molar-refractivity contribution is -0.143. The van der Waals surface area contributed by atoms with Gasteiger partial charge in [-0.15, -0.1) is 0 Å². The molecule has 1 aromatic heterocycles. The van der Waals surface area contributed by atoms with Crippen LogP contribution in [0.1, 0.15) is 23.3 Å². The second-order valence-corrected chi connectivity index (χ2v) is 5.19. The van der Waals surface area contributed by atoms with E-state index in [9.17, 15) is 9.59 Å². The summed E-state index contributed by atoms with van der Waals surface area (Å²) >= 11 is 11.7. The molecule has 0 unspecified atom stereocenters. The van der Waals surface area contributed by atoms with Gasteiger partial charge in [-0.25, -0.2) is 4.98 Å². The van der Waals surface area contributed by atoms with Crippen LogP contribution in [-0.4, -0.2) is 40.0 Å². The van der Waals surface area contributed by atoms with Gasteiger partial charge in [-0.1, -0.05) is 23.2 Å². The molecule has 1 aliphatic rings. The first-order chi connectivity index (χ1) is 8.99. The maximum absolute atomic E-state index is 12.3. The fourth-order valence-electron chi connectivity index (χ4n) is 2.08. The van der Waals surface area contributed by atoms with Crippen molar-refractivity contribution in [1.82, 2.24) is 9.88 Å². The monoisotopic (exact) mass is 302 g/mol. The van der Waals surface area contributed by atoms with Crippen LogP contribution in [0.25, 0.3) is 0 Å². The predicted octanol–water partition coefficient (Wildman–Crippen LogP) is 2.33. The van der Waals surface area contributed by atoms with Crippen LogP contribution in [0, 0.1) is 5.92 Å². The van der Waals surface area contributed by atoms with E-state index < -0.39 is 11.9 Å². The average Bonchev–Trinajstić information content (AvgIpc) is 2.41. The number of aliphatic carboxylic acids is 1. The summed E-state index contributed by atoms with van der Waals surface area (Å²) in [5.74, 6) is -1.79. The fourth-order valence-corrected chi connectivity index (χ4v) is 2.41. The summed E-state index contributed by atoms with van der Waals surface area (Å²) in [5, 5.41) is 9.40. The number of halogens is 2. The number of aromatic nitrogens is 1. The van der Waals surface area contributed by atoms with Crippen LogP contribution in [0.5, 0.6) is 0 Å². The number of carboxylic acids is 1. The van der Waals surface area contributed by atoms with Crippen molar-refractivity contribution in [1.29, 1.82) is 0 Å². The van der Waals surface area contributed by atoms with Gasteiger partial charge in [0.25, 0.3) is 5.91 Å². The zero-order chi connectivity index (χ0) is 14.0. The Morgan fingerprint density at radius 3 is 2.79 bits per heavy atom. The van der Waals surface area contributed by atoms with Gasteiger partial charge >= 0.3 is 5.97 Å². The molecule has 1 aromatic rings. The van der Waals surface area contributed by atoms with Crippen molar-refractivity contribution >= 4 is 35.1 Å². The molecule has 1 fully saturated rings. The van der Waals surface area contributed by atoms with Gasteiger partial charge in [-0.2, -0.15) is 0 Å². The molecule has 0 saturated carbocycles. The Bertz CT molecular complexity index is 522. The van der Waals surface area contributed by atoms with Crippen LogP contribution in [-0.2, 0) is 4.79 Å². The Labute approximate surface area is 120 Å². The number of carbonyl (C=O) groups is 2. The normalized spacial score (nSPS) is 19.3. The molecular weight excluding hydrogens is 291 g/mol. The molecule has 1 saturated heterocycles. The maximum atomic E-state index is 12.3. The van der Waals surface area contributed by atoms with Crippen LogP contribution < -0.4 is 0 Å². The highest BCUT2D eigenvalue weighted by Crippen LogP contribution is 2.22. The van der Waals surface area contributed by atoms with Gasteiger partial charge in [0.1, 0.15) is 10.8 Å². The first-order valence-electron chi connectivity index (χ1n) is 5.83. The molecular formula is C12H12Cl2N2O3. The second-order valence-electron chi connectivity index (χ2n) is 4.39. The minimum absolute atomic E-state index is 0.0696. The molecule has 2 heterocycles. The fraction of sp³-hybridized carbons (Fsp3) is 0.417. The Morgan fingerprint density at radius 2 is 2.11 bits per heavy atom. The third-order valence-electron chi connectivity index (χ3n) is 3.07. The molecule has 1 aliphatic heterocycles. The lowest BCUT2D eigenvalue weighted by Crippen LogP contribution is -2.42. The van der Waals surface area contributed by atoms with E-state index in [-0.39, 0.29) is 28.3 Å². The molecule has 7 heteroatoms. The van der Waals surface area contributed by atoms with E-state index >= 15 is 0 Å². The number of rotatable bonds is 2. The number of hydrogen-bond acceptors (Lipinski definition) is 3. The molecule has 1 amide bonds. The summed E-state index contributed by atoms with van der Waals surface area (Å²) in [6, 6.07) is 3.00. The van der Waals surface area contributed by atoms with Gasteiger partial charge in [-0.3, -0.25) is 9.59 Å². The summed E-state index contributed by atoms with van der Waals surface area (Å²) in [6.45, 7) is 0.686. The molecule has 2 rings (SSSR count). The highest BCUT2D eigenvalue weighted by molar-refractivity contribution is 6.34. The molecule has 102 valence electrons. The number of carbonyl (C=O) groups excluding carboxylic acids is 1. The van der Waals surface area contributed by atoms with Crippen LogP contribution >= 0.6 is 23.2 Å². The third-order valence-corrected chi connectivity index (χ3v) is 3.59. The molecule has 1 N–H and O–H groups in total. The average molecular weight is 303 g/mol. The van der Waals surface area contributed by atoms with Crippen LogP contribution in [0.4, 0.5) is 0 Å². The summed E-state index contributed by atoms with van der Waals surface area (Å²) in [7, 11) is 0. The lowest BCUT2D eigenvalue weighted by atomic mass is 9.98. The Kier molecular flexibility index (Phi) is 4.27. The van der Waals surface area contributed by atoms with Crippen molar-refractivity contribution in [2.45, 2.75) is 12.8 Å². The van der Waals surface area contributed by atoms with Crippen LogP contribution in [0.3, 0.4) is 0 Å². The van der Waals surface area contributed by atoms with Crippen molar-refractivity contribution in [2.75, 3.05) is 13.1 Å². The zero-order valence-electron chi connectivity index (χ0n) is 9.97. The molecule has 0 bridgehead atoms. The molecule has 1 atom stereocenters. The number of hydrogen-bond donors (Lipinski definition) is 1. The van der Waals surface area contributed by atoms with E-state index in [1.165, 1.54) is 17.0 Å². The Balaban J connectivity index is 2.19. The third kappa shape index (κ3) is 3.16. The van der Waals surface area contributed by atoms with Crippen molar-refractivity contribution in [3.05, 3.63) is 28.0 Å². The quantitative estimate of drug-likeness (QED) is 0.851. The van der Waals surface area contributed by atoms with E-state index in [0.29, 0.717) is 19.4 Å². The number of nitrogens with zero attached hydrogens (tertiary/aromatic N) is 2. The zero-order valence-corrected chi connectivity index (χ0v) is 11.5. The molecule has 19 heavy (non-hydrogen) atoms. The first-order valence-corrected chi connectivity index (χ1v) is 6.58. The summed E-state index contributed by atoms with van der Waals surface area (Å²) in [4.78, 5) is 28.6. The Hall–Kier alpha value is -1.33. The minimum atomic E-state index is -0.886. The highest BCUT2D eigenvalue weighted by atomic mass is 35.5. The highest BCUT2D eigenvalue weighted by Gasteiger charge is 2.30. The standard InChI is InChI=1S/C12H12Cl2N2O3/c13-8-3-4-9(14)15-10(8)11(17)16-5-1-2-7(6-16)12(18)19/h3-4,7H,1-2,5-6H2,(H,18,19)/t7-/m0/s1. The largest absolute Gasteiger partial charge is 0.481 e. The molecule has 0 spiro atoms. The summed E-state index contributed by atoms with van der Waals surface area (Å²) in [5.41, 5.74) is 0.0696. The van der Waals surface area contributed by atoms with Gasteiger partial charge in [0, 0.05) is 13.1 Å². The number of amides is 1. The maximum Gasteiger partial charge on any atom is 0.308 e. The predicted molar refractivity (Wildman–Crippen MR) is 70.5 cm³/mol. The van der Waals surface area contributed by atoms with Gasteiger partial charge in [0.2, 0.25) is 0 Å². The van der Waals surface area contributed by atoms with E-state index in [0.717, 1.165) is 0 Å². The SMILES string of the molecule is O=C(O)[C@H]1CCCN(C(=O)c2nc(Cl)ccc2Cl)C1. The summed E-state index contributed by atoms with van der Waals surface area (Å²) < 4.78 is 0. The molecule has 5 nitrogen and oxygen atoms in total. The van der Waals surface area contributed by atoms with Crippen molar-refractivity contribution in [3.8, 4) is 0 Å². The topological polar surface area (TPSA) is 70.5 Å².